The quantitative estimate of drug-likeness (QED) is 0.708. The minimum absolute atomic E-state index is 0.246. The van der Waals surface area contributed by atoms with Crippen LogP contribution in [0.5, 0.6) is 5.88 Å². The first-order valence-corrected chi connectivity index (χ1v) is 8.49. The molecule has 26 heavy (non-hydrogen) atoms. The molecule has 1 aliphatic rings. The lowest BCUT2D eigenvalue weighted by Crippen LogP contribution is -2.30. The Balaban J connectivity index is 1.74. The highest BCUT2D eigenvalue weighted by molar-refractivity contribution is 6.32. The van der Waals surface area contributed by atoms with Crippen molar-refractivity contribution >= 4 is 30.2 Å². The van der Waals surface area contributed by atoms with Gasteiger partial charge in [-0.25, -0.2) is 4.98 Å². The molecule has 3 aromatic rings. The zero-order valence-corrected chi connectivity index (χ0v) is 14.1. The second kappa shape index (κ2) is 6.80. The molecule has 1 saturated heterocycles. The number of aliphatic carboxylic acids is 1. The Bertz CT molecular complexity index is 976. The van der Waals surface area contributed by atoms with Crippen molar-refractivity contribution in [3.05, 3.63) is 54.6 Å². The van der Waals surface area contributed by atoms with Crippen molar-refractivity contribution in [2.45, 2.75) is 18.6 Å². The van der Waals surface area contributed by atoms with E-state index in [9.17, 15) is 4.79 Å². The molecule has 1 aliphatic heterocycles. The van der Waals surface area contributed by atoms with E-state index in [4.69, 9.17) is 17.7 Å². The average Bonchev–Trinajstić information content (AvgIpc) is 3.10. The Kier molecular flexibility index (Phi) is 4.35. The van der Waals surface area contributed by atoms with Gasteiger partial charge in [0.05, 0.1) is 5.52 Å². The second-order valence-electron chi connectivity index (χ2n) is 6.43. The van der Waals surface area contributed by atoms with Crippen LogP contribution < -0.4 is 15.5 Å². The molecule has 1 aromatic heterocycles. The van der Waals surface area contributed by atoms with E-state index in [1.165, 1.54) is 0 Å². The molecule has 0 bridgehead atoms. The lowest BCUT2D eigenvalue weighted by molar-refractivity contribution is -0.139. The molecule has 0 unspecified atom stereocenters. The van der Waals surface area contributed by atoms with Gasteiger partial charge in [-0.2, -0.15) is 0 Å². The third-order valence-corrected chi connectivity index (χ3v) is 4.55. The normalized spacial score (nSPS) is 19.5. The Morgan fingerprint density at radius 1 is 1.19 bits per heavy atom. The number of hydrogen-bond donors (Lipinski definition) is 2. The molecule has 2 heterocycles. The number of carbonyl (C=O) groups is 1. The number of fused-ring (bicyclic) bond motifs is 1. The van der Waals surface area contributed by atoms with Crippen LogP contribution >= 0.6 is 0 Å². The third kappa shape index (κ3) is 3.28. The molecule has 0 amide bonds. The molecule has 0 spiro atoms. The van der Waals surface area contributed by atoms with E-state index in [1.54, 1.807) is 0 Å². The summed E-state index contributed by atoms with van der Waals surface area (Å²) in [6.07, 6.45) is 0.157. The first-order chi connectivity index (χ1) is 12.6. The smallest absolute Gasteiger partial charge is 0.320 e. The second-order valence-corrected chi connectivity index (χ2v) is 6.43. The van der Waals surface area contributed by atoms with Gasteiger partial charge in [-0.1, -0.05) is 47.9 Å². The number of ether oxygens (including phenoxy) is 1. The van der Waals surface area contributed by atoms with Crippen LogP contribution in [0.2, 0.25) is 0 Å². The molecule has 2 aromatic carbocycles. The van der Waals surface area contributed by atoms with Gasteiger partial charge < -0.3 is 15.2 Å². The number of pyridine rings is 1. The first-order valence-electron chi connectivity index (χ1n) is 8.49. The molecular weight excluding hydrogens is 327 g/mol. The van der Waals surface area contributed by atoms with Crippen LogP contribution in [0, 0.1) is 0 Å². The third-order valence-electron chi connectivity index (χ3n) is 4.55. The van der Waals surface area contributed by atoms with Crippen molar-refractivity contribution in [2.75, 3.05) is 6.54 Å². The number of nitrogens with one attached hydrogen (secondary N) is 1. The summed E-state index contributed by atoms with van der Waals surface area (Å²) in [5.74, 6) is -0.370. The summed E-state index contributed by atoms with van der Waals surface area (Å²) in [6.45, 7) is 0.474. The maximum Gasteiger partial charge on any atom is 0.320 e. The summed E-state index contributed by atoms with van der Waals surface area (Å²) in [4.78, 5) is 15.8. The van der Waals surface area contributed by atoms with Gasteiger partial charge in [-0.3, -0.25) is 4.79 Å². The van der Waals surface area contributed by atoms with Gasteiger partial charge in [0.25, 0.3) is 0 Å². The Morgan fingerprint density at radius 2 is 2.04 bits per heavy atom. The fraction of sp³-hybridized carbons (Fsp3) is 0.200. The predicted molar refractivity (Wildman–Crippen MR) is 101 cm³/mol. The van der Waals surface area contributed by atoms with E-state index in [1.807, 2.05) is 54.6 Å². The molecule has 2 N–H and O–H groups in total. The fourth-order valence-electron chi connectivity index (χ4n) is 3.24. The lowest BCUT2D eigenvalue weighted by atomic mass is 9.92. The standard InChI is InChI=1S/C20H17BN2O3/c21-14-6-3-5-12(8-14)16-9-13-4-1-2-7-17(13)23-19(16)26-15-10-18(20(24)25)22-11-15/h1-9,15,18,22H,10-11H2,(H,24,25)/t15-,18+/m1/s1. The van der Waals surface area contributed by atoms with E-state index in [0.717, 1.165) is 22.0 Å². The Hall–Kier alpha value is -2.86. The molecule has 5 nitrogen and oxygen atoms in total. The van der Waals surface area contributed by atoms with Gasteiger partial charge >= 0.3 is 5.97 Å². The molecular formula is C20H17BN2O3. The number of carboxylic acids is 1. The van der Waals surface area contributed by atoms with Crippen molar-refractivity contribution in [1.29, 1.82) is 0 Å². The van der Waals surface area contributed by atoms with Gasteiger partial charge in [0.1, 0.15) is 20.0 Å². The number of para-hydroxylation sites is 1. The minimum Gasteiger partial charge on any atom is -0.480 e. The van der Waals surface area contributed by atoms with Crippen LogP contribution in [-0.2, 0) is 4.79 Å². The van der Waals surface area contributed by atoms with Gasteiger partial charge in [-0.05, 0) is 17.7 Å². The molecule has 4 rings (SSSR count). The van der Waals surface area contributed by atoms with Crippen LogP contribution in [0.15, 0.2) is 54.6 Å². The van der Waals surface area contributed by atoms with Gasteiger partial charge in [-0.15, -0.1) is 0 Å². The summed E-state index contributed by atoms with van der Waals surface area (Å²) in [5, 5.41) is 13.1. The number of carboxylic acid groups (broad SMARTS) is 1. The van der Waals surface area contributed by atoms with Crippen LogP contribution in [0.3, 0.4) is 0 Å². The summed E-state index contributed by atoms with van der Waals surface area (Å²) in [7, 11) is 5.94. The Morgan fingerprint density at radius 3 is 2.81 bits per heavy atom. The average molecular weight is 344 g/mol. The number of hydrogen-bond acceptors (Lipinski definition) is 4. The van der Waals surface area contributed by atoms with Crippen LogP contribution in [0.1, 0.15) is 6.42 Å². The van der Waals surface area contributed by atoms with Gasteiger partial charge in [0.2, 0.25) is 5.88 Å². The SMILES string of the molecule is [B]c1cccc(-c2cc3ccccc3nc2O[C@H]2CN[C@H](C(=O)O)C2)c1. The maximum absolute atomic E-state index is 11.2. The van der Waals surface area contributed by atoms with E-state index in [2.05, 4.69) is 10.3 Å². The van der Waals surface area contributed by atoms with E-state index < -0.39 is 12.0 Å². The van der Waals surface area contributed by atoms with Crippen molar-refractivity contribution in [3.63, 3.8) is 0 Å². The predicted octanol–water partition coefficient (Wildman–Crippen LogP) is 1.89. The lowest BCUT2D eigenvalue weighted by Gasteiger charge is -2.16. The minimum atomic E-state index is -0.862. The van der Waals surface area contributed by atoms with Crippen LogP contribution in [0.25, 0.3) is 22.0 Å². The zero-order valence-electron chi connectivity index (χ0n) is 14.1. The molecule has 1 fully saturated rings. The van der Waals surface area contributed by atoms with Crippen LogP contribution in [0.4, 0.5) is 0 Å². The highest BCUT2D eigenvalue weighted by Crippen LogP contribution is 2.32. The van der Waals surface area contributed by atoms with Crippen molar-refractivity contribution < 1.29 is 14.6 Å². The summed E-state index contributed by atoms with van der Waals surface area (Å²) >= 11 is 0. The zero-order chi connectivity index (χ0) is 18.1. The topological polar surface area (TPSA) is 71.5 Å². The molecule has 6 heteroatoms. The first kappa shape index (κ1) is 16.6. The van der Waals surface area contributed by atoms with Gasteiger partial charge in [0.15, 0.2) is 0 Å². The highest BCUT2D eigenvalue weighted by atomic mass is 16.5. The van der Waals surface area contributed by atoms with Gasteiger partial charge in [0, 0.05) is 23.9 Å². The van der Waals surface area contributed by atoms with Crippen molar-refractivity contribution in [3.8, 4) is 17.0 Å². The Labute approximate surface area is 152 Å². The number of aromatic nitrogens is 1. The van der Waals surface area contributed by atoms with Crippen LogP contribution in [-0.4, -0.2) is 42.6 Å². The summed E-state index contributed by atoms with van der Waals surface area (Å²) in [6, 6.07) is 16.8. The van der Waals surface area contributed by atoms with E-state index in [0.29, 0.717) is 24.3 Å². The van der Waals surface area contributed by atoms with Crippen molar-refractivity contribution in [2.24, 2.45) is 0 Å². The molecule has 0 saturated carbocycles. The fourth-order valence-corrected chi connectivity index (χ4v) is 3.24. The van der Waals surface area contributed by atoms with E-state index in [-0.39, 0.29) is 6.10 Å². The summed E-state index contributed by atoms with van der Waals surface area (Å²) < 4.78 is 6.11. The number of rotatable bonds is 4. The van der Waals surface area contributed by atoms with Crippen molar-refractivity contribution in [1.82, 2.24) is 10.3 Å². The number of nitrogens with zero attached hydrogens (tertiary/aromatic N) is 1. The largest absolute Gasteiger partial charge is 0.480 e. The summed E-state index contributed by atoms with van der Waals surface area (Å²) in [5.41, 5.74) is 3.25. The maximum atomic E-state index is 11.2. The number of benzene rings is 2. The molecule has 0 aliphatic carbocycles. The van der Waals surface area contributed by atoms with E-state index >= 15 is 0 Å². The molecule has 2 atom stereocenters. The highest BCUT2D eigenvalue weighted by Gasteiger charge is 2.31. The monoisotopic (exact) mass is 344 g/mol. The molecule has 2 radical (unpaired) electrons. The molecule has 128 valence electrons.